The van der Waals surface area contributed by atoms with Crippen molar-refractivity contribution >= 4 is 28.8 Å². The van der Waals surface area contributed by atoms with Crippen molar-refractivity contribution in [2.45, 2.75) is 20.0 Å². The van der Waals surface area contributed by atoms with Gasteiger partial charge >= 0.3 is 6.18 Å². The molecule has 0 bridgehead atoms. The van der Waals surface area contributed by atoms with Crippen LogP contribution in [0.5, 0.6) is 0 Å². The summed E-state index contributed by atoms with van der Waals surface area (Å²) in [5, 5.41) is 5.19. The number of carbonyl (C=O) groups is 2. The molecule has 28 heavy (non-hydrogen) atoms. The lowest BCUT2D eigenvalue weighted by Crippen LogP contribution is -2.34. The Morgan fingerprint density at radius 3 is 2.32 bits per heavy atom. The van der Waals surface area contributed by atoms with Crippen molar-refractivity contribution in [2.24, 2.45) is 0 Å². The van der Waals surface area contributed by atoms with Gasteiger partial charge in [-0.2, -0.15) is 13.2 Å². The van der Waals surface area contributed by atoms with E-state index in [1.165, 1.54) is 24.3 Å². The third kappa shape index (κ3) is 5.77. The van der Waals surface area contributed by atoms with Crippen LogP contribution in [0, 0.1) is 0 Å². The van der Waals surface area contributed by atoms with Gasteiger partial charge in [-0.3, -0.25) is 9.59 Å². The molecule has 0 saturated carbocycles. The van der Waals surface area contributed by atoms with Crippen molar-refractivity contribution in [1.82, 2.24) is 15.2 Å². The van der Waals surface area contributed by atoms with Gasteiger partial charge in [0, 0.05) is 24.3 Å². The quantitative estimate of drug-likeness (QED) is 0.694. The topological polar surface area (TPSA) is 74.3 Å². The largest absolute Gasteiger partial charge is 0.434 e. The molecular formula is C18H21F3N4O2S. The van der Waals surface area contributed by atoms with E-state index in [1.54, 1.807) is 0 Å². The molecule has 2 N–H and O–H groups in total. The molecule has 1 aromatic carbocycles. The summed E-state index contributed by atoms with van der Waals surface area (Å²) in [7, 11) is 0. The summed E-state index contributed by atoms with van der Waals surface area (Å²) >= 11 is 0.616. The van der Waals surface area contributed by atoms with Crippen LogP contribution in [0.25, 0.3) is 0 Å². The number of alkyl halides is 3. The lowest BCUT2D eigenvalue weighted by Gasteiger charge is -2.18. The van der Waals surface area contributed by atoms with Crippen LogP contribution in [0.2, 0.25) is 0 Å². The first-order valence-electron chi connectivity index (χ1n) is 8.68. The number of likely N-dealkylation sites (N-methyl/N-ethyl adjacent to an activating group) is 1. The van der Waals surface area contributed by atoms with Crippen molar-refractivity contribution in [3.63, 3.8) is 0 Å². The number of hydrogen-bond acceptors (Lipinski definition) is 5. The molecule has 6 nitrogen and oxygen atoms in total. The summed E-state index contributed by atoms with van der Waals surface area (Å²) in [6, 6.07) is 5.93. The van der Waals surface area contributed by atoms with Crippen LogP contribution in [0.4, 0.5) is 18.9 Å². The summed E-state index contributed by atoms with van der Waals surface area (Å²) in [6.07, 6.45) is -4.69. The third-order valence-corrected chi connectivity index (χ3v) is 4.88. The predicted octanol–water partition coefficient (Wildman–Crippen LogP) is 3.49. The molecule has 2 rings (SSSR count). The van der Waals surface area contributed by atoms with Gasteiger partial charge in [-0.05, 0) is 37.4 Å². The molecule has 0 fully saturated rings. The zero-order valence-electron chi connectivity index (χ0n) is 15.5. The van der Waals surface area contributed by atoms with Gasteiger partial charge in [-0.15, -0.1) is 11.3 Å². The van der Waals surface area contributed by atoms with E-state index in [9.17, 15) is 22.8 Å². The fraction of sp³-hybridized carbons (Fsp3) is 0.389. The van der Waals surface area contributed by atoms with Gasteiger partial charge in [0.25, 0.3) is 11.8 Å². The minimum Gasteiger partial charge on any atom is -0.351 e. The fourth-order valence-corrected chi connectivity index (χ4v) is 3.17. The Labute approximate surface area is 164 Å². The second-order valence-corrected chi connectivity index (χ2v) is 6.70. The van der Waals surface area contributed by atoms with Gasteiger partial charge in [0.2, 0.25) is 0 Å². The fourth-order valence-electron chi connectivity index (χ4n) is 2.47. The minimum absolute atomic E-state index is 0.258. The maximum atomic E-state index is 12.8. The highest BCUT2D eigenvalue weighted by Gasteiger charge is 2.38. The predicted molar refractivity (Wildman–Crippen MR) is 102 cm³/mol. The average Bonchev–Trinajstić information content (AvgIpc) is 3.16. The second kappa shape index (κ2) is 9.65. The number of amides is 2. The molecule has 0 aliphatic carbocycles. The molecule has 1 heterocycles. The zero-order valence-corrected chi connectivity index (χ0v) is 16.3. The molecule has 10 heteroatoms. The normalized spacial score (nSPS) is 11.5. The number of nitrogens with one attached hydrogen (secondary N) is 2. The number of halogens is 3. The number of thiazole rings is 1. The summed E-state index contributed by atoms with van der Waals surface area (Å²) in [4.78, 5) is 29.1. The van der Waals surface area contributed by atoms with Crippen molar-refractivity contribution in [1.29, 1.82) is 0 Å². The molecule has 0 atom stereocenters. The highest BCUT2D eigenvalue weighted by atomic mass is 32.1. The smallest absolute Gasteiger partial charge is 0.351 e. The van der Waals surface area contributed by atoms with Crippen molar-refractivity contribution < 1.29 is 22.8 Å². The van der Waals surface area contributed by atoms with E-state index < -0.39 is 22.7 Å². The van der Waals surface area contributed by atoms with E-state index in [-0.39, 0.29) is 11.6 Å². The summed E-state index contributed by atoms with van der Waals surface area (Å²) < 4.78 is 38.5. The number of rotatable bonds is 8. The van der Waals surface area contributed by atoms with Crippen LogP contribution in [0.1, 0.15) is 39.6 Å². The molecule has 0 aliphatic rings. The van der Waals surface area contributed by atoms with E-state index in [1.807, 2.05) is 13.8 Å². The Morgan fingerprint density at radius 1 is 1.11 bits per heavy atom. The van der Waals surface area contributed by atoms with Crippen LogP contribution in [-0.2, 0) is 6.18 Å². The van der Waals surface area contributed by atoms with Gasteiger partial charge in [0.15, 0.2) is 5.69 Å². The SMILES string of the molecule is CCN(CC)CCNC(=O)c1ccc(NC(=O)c2scnc2C(F)(F)F)cc1. The van der Waals surface area contributed by atoms with E-state index in [0.717, 1.165) is 25.1 Å². The lowest BCUT2D eigenvalue weighted by molar-refractivity contribution is -0.141. The van der Waals surface area contributed by atoms with Gasteiger partial charge in [-0.1, -0.05) is 13.8 Å². The van der Waals surface area contributed by atoms with Crippen LogP contribution in [-0.4, -0.2) is 47.9 Å². The van der Waals surface area contributed by atoms with Gasteiger partial charge in [0.1, 0.15) is 4.88 Å². The molecule has 2 amide bonds. The monoisotopic (exact) mass is 414 g/mol. The molecule has 0 aliphatic heterocycles. The van der Waals surface area contributed by atoms with Crippen molar-refractivity contribution in [2.75, 3.05) is 31.5 Å². The average molecular weight is 414 g/mol. The second-order valence-electron chi connectivity index (χ2n) is 5.84. The Morgan fingerprint density at radius 2 is 1.75 bits per heavy atom. The van der Waals surface area contributed by atoms with Crippen LogP contribution >= 0.6 is 11.3 Å². The van der Waals surface area contributed by atoms with Crippen LogP contribution in [0.3, 0.4) is 0 Å². The molecule has 0 unspecified atom stereocenters. The molecule has 0 spiro atoms. The third-order valence-electron chi connectivity index (χ3n) is 4.06. The number of anilines is 1. The Bertz CT molecular complexity index is 802. The number of nitrogens with zero attached hydrogens (tertiary/aromatic N) is 2. The van der Waals surface area contributed by atoms with Crippen LogP contribution in [0.15, 0.2) is 29.8 Å². The van der Waals surface area contributed by atoms with Crippen LogP contribution < -0.4 is 10.6 Å². The number of benzene rings is 1. The molecule has 2 aromatic rings. The molecule has 152 valence electrons. The summed E-state index contributed by atoms with van der Waals surface area (Å²) in [6.45, 7) is 7.13. The maximum Gasteiger partial charge on any atom is 0.434 e. The van der Waals surface area contributed by atoms with Gasteiger partial charge < -0.3 is 15.5 Å². The maximum absolute atomic E-state index is 12.8. The highest BCUT2D eigenvalue weighted by Crippen LogP contribution is 2.33. The lowest BCUT2D eigenvalue weighted by atomic mass is 10.2. The molecule has 0 radical (unpaired) electrons. The van der Waals surface area contributed by atoms with E-state index in [0.29, 0.717) is 23.4 Å². The highest BCUT2D eigenvalue weighted by molar-refractivity contribution is 7.12. The molecule has 0 saturated heterocycles. The summed E-state index contributed by atoms with van der Waals surface area (Å²) in [5.74, 6) is -1.15. The Hall–Kier alpha value is -2.46. The van der Waals surface area contributed by atoms with Crippen molar-refractivity contribution in [3.8, 4) is 0 Å². The zero-order chi connectivity index (χ0) is 20.7. The number of hydrogen-bond donors (Lipinski definition) is 2. The number of aromatic nitrogens is 1. The summed E-state index contributed by atoms with van der Waals surface area (Å²) in [5.41, 5.74) is 0.445. The minimum atomic E-state index is -4.69. The van der Waals surface area contributed by atoms with Crippen molar-refractivity contribution in [3.05, 3.63) is 45.9 Å². The first kappa shape index (κ1) is 21.8. The van der Waals surface area contributed by atoms with E-state index in [2.05, 4.69) is 20.5 Å². The standard InChI is InChI=1S/C18H21F3N4O2S/c1-3-25(4-2)10-9-22-16(26)12-5-7-13(8-6-12)24-17(27)14-15(18(19,20)21)23-11-28-14/h5-8,11H,3-4,9-10H2,1-2H3,(H,22,26)(H,24,27). The molecule has 1 aromatic heterocycles. The van der Waals surface area contributed by atoms with Gasteiger partial charge in [0.05, 0.1) is 5.51 Å². The first-order valence-corrected chi connectivity index (χ1v) is 9.56. The Balaban J connectivity index is 1.95. The first-order chi connectivity index (χ1) is 13.3. The van der Waals surface area contributed by atoms with E-state index in [4.69, 9.17) is 0 Å². The Kier molecular flexibility index (Phi) is 7.53. The van der Waals surface area contributed by atoms with Gasteiger partial charge in [-0.25, -0.2) is 4.98 Å². The molecular weight excluding hydrogens is 393 g/mol. The number of carbonyl (C=O) groups excluding carboxylic acids is 2. The van der Waals surface area contributed by atoms with E-state index >= 15 is 0 Å².